The van der Waals surface area contributed by atoms with E-state index in [0.29, 0.717) is 23.6 Å². The zero-order valence-electron chi connectivity index (χ0n) is 18.8. The number of anilines is 2. The van der Waals surface area contributed by atoms with E-state index in [1.807, 2.05) is 42.2 Å². The fourth-order valence-electron chi connectivity index (χ4n) is 5.12. The van der Waals surface area contributed by atoms with Crippen molar-refractivity contribution in [3.8, 4) is 5.75 Å². The van der Waals surface area contributed by atoms with Crippen LogP contribution < -0.4 is 15.0 Å². The SMILES string of the molecule is CC(=O)N1CC2CCN(c3ccc(NC(=O)c4ccc(OC5CCC5)cc4C)cc3)C2C1. The van der Waals surface area contributed by atoms with Gasteiger partial charge in [-0.15, -0.1) is 0 Å². The molecule has 2 saturated heterocycles. The molecule has 0 radical (unpaired) electrons. The molecule has 3 aliphatic rings. The molecule has 0 aromatic heterocycles. The minimum absolute atomic E-state index is 0.112. The Labute approximate surface area is 189 Å². The molecule has 0 spiro atoms. The highest BCUT2D eigenvalue weighted by molar-refractivity contribution is 6.05. The zero-order valence-corrected chi connectivity index (χ0v) is 18.8. The van der Waals surface area contributed by atoms with E-state index in [1.54, 1.807) is 6.92 Å². The van der Waals surface area contributed by atoms with Crippen LogP contribution in [0, 0.1) is 12.8 Å². The van der Waals surface area contributed by atoms with Crippen molar-refractivity contribution < 1.29 is 14.3 Å². The first kappa shape index (κ1) is 20.9. The number of benzene rings is 2. The van der Waals surface area contributed by atoms with Crippen molar-refractivity contribution in [2.24, 2.45) is 5.92 Å². The maximum absolute atomic E-state index is 12.8. The fourth-order valence-corrected chi connectivity index (χ4v) is 5.12. The summed E-state index contributed by atoms with van der Waals surface area (Å²) >= 11 is 0. The minimum atomic E-state index is -0.112. The summed E-state index contributed by atoms with van der Waals surface area (Å²) < 4.78 is 5.94. The van der Waals surface area contributed by atoms with Gasteiger partial charge in [-0.05, 0) is 80.6 Å². The van der Waals surface area contributed by atoms with E-state index in [0.717, 1.165) is 61.6 Å². The molecule has 32 heavy (non-hydrogen) atoms. The highest BCUT2D eigenvalue weighted by atomic mass is 16.5. The van der Waals surface area contributed by atoms with Gasteiger partial charge in [-0.25, -0.2) is 0 Å². The lowest BCUT2D eigenvalue weighted by Gasteiger charge is -2.27. The van der Waals surface area contributed by atoms with Crippen LogP contribution in [0.5, 0.6) is 5.75 Å². The Morgan fingerprint density at radius 3 is 2.47 bits per heavy atom. The fraction of sp³-hybridized carbons (Fsp3) is 0.462. The summed E-state index contributed by atoms with van der Waals surface area (Å²) in [6.07, 6.45) is 4.91. The van der Waals surface area contributed by atoms with E-state index in [2.05, 4.69) is 22.3 Å². The number of carbonyl (C=O) groups excluding carboxylic acids is 2. The molecule has 168 valence electrons. The molecule has 2 aliphatic heterocycles. The Hall–Kier alpha value is -3.02. The van der Waals surface area contributed by atoms with E-state index in [1.165, 1.54) is 6.42 Å². The van der Waals surface area contributed by atoms with E-state index in [4.69, 9.17) is 4.74 Å². The first-order valence-corrected chi connectivity index (χ1v) is 11.7. The topological polar surface area (TPSA) is 61.9 Å². The maximum Gasteiger partial charge on any atom is 0.255 e. The maximum atomic E-state index is 12.8. The quantitative estimate of drug-likeness (QED) is 0.766. The largest absolute Gasteiger partial charge is 0.490 e. The Balaban J connectivity index is 1.22. The molecular formula is C26H31N3O3. The highest BCUT2D eigenvalue weighted by Gasteiger charge is 2.42. The molecule has 2 atom stereocenters. The molecule has 6 heteroatoms. The molecule has 0 bridgehead atoms. The number of hydrogen-bond acceptors (Lipinski definition) is 4. The third kappa shape index (κ3) is 4.06. The second-order valence-corrected chi connectivity index (χ2v) is 9.38. The number of carbonyl (C=O) groups is 2. The molecule has 2 amide bonds. The number of ether oxygens (including phenoxy) is 1. The van der Waals surface area contributed by atoms with Crippen molar-refractivity contribution in [3.05, 3.63) is 53.6 Å². The Morgan fingerprint density at radius 1 is 1.03 bits per heavy atom. The number of aryl methyl sites for hydroxylation is 1. The van der Waals surface area contributed by atoms with Crippen LogP contribution in [0.4, 0.5) is 11.4 Å². The summed E-state index contributed by atoms with van der Waals surface area (Å²) in [7, 11) is 0. The van der Waals surface area contributed by atoms with E-state index >= 15 is 0 Å². The summed E-state index contributed by atoms with van der Waals surface area (Å²) in [6, 6.07) is 14.1. The van der Waals surface area contributed by atoms with Crippen LogP contribution in [-0.4, -0.2) is 48.5 Å². The van der Waals surface area contributed by atoms with Gasteiger partial charge < -0.3 is 19.9 Å². The number of fused-ring (bicyclic) bond motifs is 1. The van der Waals surface area contributed by atoms with Gasteiger partial charge in [0.05, 0.1) is 12.1 Å². The van der Waals surface area contributed by atoms with Gasteiger partial charge in [-0.3, -0.25) is 9.59 Å². The molecule has 5 rings (SSSR count). The normalized spacial score (nSPS) is 22.4. The lowest BCUT2D eigenvalue weighted by atomic mass is 9.96. The average Bonchev–Trinajstić information content (AvgIpc) is 3.32. The lowest BCUT2D eigenvalue weighted by Crippen LogP contribution is -2.36. The summed E-state index contributed by atoms with van der Waals surface area (Å²) in [5.74, 6) is 1.44. The smallest absolute Gasteiger partial charge is 0.255 e. The van der Waals surface area contributed by atoms with Crippen LogP contribution in [-0.2, 0) is 4.79 Å². The van der Waals surface area contributed by atoms with Crippen LogP contribution in [0.2, 0.25) is 0 Å². The van der Waals surface area contributed by atoms with E-state index in [9.17, 15) is 9.59 Å². The molecule has 2 heterocycles. The van der Waals surface area contributed by atoms with Gasteiger partial charge in [0.1, 0.15) is 5.75 Å². The van der Waals surface area contributed by atoms with Gasteiger partial charge in [0.2, 0.25) is 5.91 Å². The predicted octanol–water partition coefficient (Wildman–Crippen LogP) is 4.24. The summed E-state index contributed by atoms with van der Waals surface area (Å²) in [4.78, 5) is 28.9. The van der Waals surface area contributed by atoms with Crippen molar-refractivity contribution >= 4 is 23.2 Å². The summed E-state index contributed by atoms with van der Waals surface area (Å²) in [5.41, 5.74) is 3.50. The highest BCUT2D eigenvalue weighted by Crippen LogP contribution is 2.35. The predicted molar refractivity (Wildman–Crippen MR) is 125 cm³/mol. The van der Waals surface area contributed by atoms with E-state index < -0.39 is 0 Å². The molecule has 1 N–H and O–H groups in total. The first-order chi connectivity index (χ1) is 15.5. The first-order valence-electron chi connectivity index (χ1n) is 11.7. The lowest BCUT2D eigenvalue weighted by molar-refractivity contribution is -0.128. The Kier molecular flexibility index (Phi) is 5.53. The van der Waals surface area contributed by atoms with Crippen LogP contribution in [0.3, 0.4) is 0 Å². The molecular weight excluding hydrogens is 402 g/mol. The van der Waals surface area contributed by atoms with Crippen LogP contribution in [0.1, 0.15) is 48.5 Å². The molecule has 1 aliphatic carbocycles. The number of rotatable bonds is 5. The Morgan fingerprint density at radius 2 is 1.81 bits per heavy atom. The van der Waals surface area contributed by atoms with Crippen LogP contribution in [0.25, 0.3) is 0 Å². The second kappa shape index (κ2) is 8.49. The van der Waals surface area contributed by atoms with Crippen LogP contribution in [0.15, 0.2) is 42.5 Å². The van der Waals surface area contributed by atoms with Crippen molar-refractivity contribution in [1.82, 2.24) is 4.90 Å². The second-order valence-electron chi connectivity index (χ2n) is 9.38. The number of nitrogens with one attached hydrogen (secondary N) is 1. The monoisotopic (exact) mass is 433 g/mol. The minimum Gasteiger partial charge on any atom is -0.490 e. The third-order valence-corrected chi connectivity index (χ3v) is 7.25. The number of hydrogen-bond donors (Lipinski definition) is 1. The van der Waals surface area contributed by atoms with Crippen molar-refractivity contribution in [2.45, 2.75) is 51.7 Å². The molecule has 3 fully saturated rings. The molecule has 2 unspecified atom stereocenters. The van der Waals surface area contributed by atoms with Crippen molar-refractivity contribution in [1.29, 1.82) is 0 Å². The standard InChI is InChI=1S/C26H31N3O3/c1-17-14-23(32-22-4-3-5-22)10-11-24(17)26(31)27-20-6-8-21(9-7-20)29-13-12-19-15-28(18(2)30)16-25(19)29/h6-11,14,19,22,25H,3-5,12-13,15-16H2,1-2H3,(H,27,31). The van der Waals surface area contributed by atoms with Gasteiger partial charge in [0.25, 0.3) is 5.91 Å². The van der Waals surface area contributed by atoms with Crippen molar-refractivity contribution in [3.63, 3.8) is 0 Å². The molecule has 2 aromatic rings. The van der Waals surface area contributed by atoms with Crippen molar-refractivity contribution in [2.75, 3.05) is 29.9 Å². The molecule has 6 nitrogen and oxygen atoms in total. The molecule has 2 aromatic carbocycles. The average molecular weight is 434 g/mol. The van der Waals surface area contributed by atoms with Gasteiger partial charge in [0, 0.05) is 49.4 Å². The summed E-state index contributed by atoms with van der Waals surface area (Å²) in [5, 5.41) is 3.02. The molecule has 1 saturated carbocycles. The summed E-state index contributed by atoms with van der Waals surface area (Å²) in [6.45, 7) is 6.29. The van der Waals surface area contributed by atoms with E-state index in [-0.39, 0.29) is 11.8 Å². The van der Waals surface area contributed by atoms with Gasteiger partial charge in [0.15, 0.2) is 0 Å². The number of nitrogens with zero attached hydrogens (tertiary/aromatic N) is 2. The van der Waals surface area contributed by atoms with Gasteiger partial charge in [-0.1, -0.05) is 0 Å². The van der Waals surface area contributed by atoms with Gasteiger partial charge >= 0.3 is 0 Å². The third-order valence-electron chi connectivity index (χ3n) is 7.25. The zero-order chi connectivity index (χ0) is 22.2. The van der Waals surface area contributed by atoms with Crippen LogP contribution >= 0.6 is 0 Å². The Bertz CT molecular complexity index is 1020. The van der Waals surface area contributed by atoms with Gasteiger partial charge in [-0.2, -0.15) is 0 Å². The number of likely N-dealkylation sites (tertiary alicyclic amines) is 1. The number of amides is 2.